The number of halogens is 1. The van der Waals surface area contributed by atoms with Crippen LogP contribution in [0.25, 0.3) is 0 Å². The largest absolute Gasteiger partial charge is 0.398 e. The number of nitrogen functional groups attached to an aromatic ring is 1. The summed E-state index contributed by atoms with van der Waals surface area (Å²) in [6.45, 7) is 2.22. The third kappa shape index (κ3) is 3.94. The summed E-state index contributed by atoms with van der Waals surface area (Å²) in [5, 5.41) is 0.602. The van der Waals surface area contributed by atoms with E-state index in [1.54, 1.807) is 58.3 Å². The summed E-state index contributed by atoms with van der Waals surface area (Å²) < 4.78 is 0. The molecule has 2 amide bonds. The second kappa shape index (κ2) is 7.57. The number of carbonyl (C=O) groups excluding carboxylic acids is 2. The van der Waals surface area contributed by atoms with Crippen LogP contribution in [-0.4, -0.2) is 47.8 Å². The van der Waals surface area contributed by atoms with Crippen LogP contribution in [-0.2, 0) is 0 Å². The summed E-state index contributed by atoms with van der Waals surface area (Å²) >= 11 is 5.87. The van der Waals surface area contributed by atoms with Crippen LogP contribution in [0.1, 0.15) is 27.1 Å². The Balaban J connectivity index is 1.68. The molecule has 2 aromatic carbocycles. The van der Waals surface area contributed by atoms with Crippen LogP contribution in [0.5, 0.6) is 0 Å². The molecule has 0 bridgehead atoms. The molecule has 130 valence electrons. The van der Waals surface area contributed by atoms with Crippen molar-refractivity contribution in [1.82, 2.24) is 9.80 Å². The Kier molecular flexibility index (Phi) is 5.24. The van der Waals surface area contributed by atoms with Gasteiger partial charge in [-0.25, -0.2) is 0 Å². The van der Waals surface area contributed by atoms with Gasteiger partial charge in [-0.2, -0.15) is 0 Å². The Morgan fingerprint density at radius 3 is 2.08 bits per heavy atom. The molecular formula is C19H20ClN3O2. The van der Waals surface area contributed by atoms with Gasteiger partial charge in [0.05, 0.1) is 5.56 Å². The van der Waals surface area contributed by atoms with Crippen molar-refractivity contribution in [3.63, 3.8) is 0 Å². The summed E-state index contributed by atoms with van der Waals surface area (Å²) in [5.41, 5.74) is 7.51. The predicted octanol–water partition coefficient (Wildman–Crippen LogP) is 2.91. The standard InChI is InChI=1S/C19H20ClN3O2/c20-15-8-6-14(7-9-15)18(24)22-10-3-11-23(13-12-22)19(25)16-4-1-2-5-17(16)21/h1-2,4-9H,3,10-13,21H2. The van der Waals surface area contributed by atoms with Crippen LogP contribution in [0.4, 0.5) is 5.69 Å². The highest BCUT2D eigenvalue weighted by Crippen LogP contribution is 2.17. The Morgan fingerprint density at radius 1 is 0.840 bits per heavy atom. The van der Waals surface area contributed by atoms with Crippen molar-refractivity contribution in [2.75, 3.05) is 31.9 Å². The third-order valence-corrected chi connectivity index (χ3v) is 4.60. The van der Waals surface area contributed by atoms with Crippen molar-refractivity contribution >= 4 is 29.1 Å². The van der Waals surface area contributed by atoms with E-state index in [1.165, 1.54) is 0 Å². The summed E-state index contributed by atoms with van der Waals surface area (Å²) in [6.07, 6.45) is 0.734. The molecule has 1 saturated heterocycles. The van der Waals surface area contributed by atoms with Gasteiger partial charge >= 0.3 is 0 Å². The number of amides is 2. The SMILES string of the molecule is Nc1ccccc1C(=O)N1CCCN(C(=O)c2ccc(Cl)cc2)CC1. The summed E-state index contributed by atoms with van der Waals surface area (Å²) in [6, 6.07) is 13.9. The number of nitrogens with two attached hydrogens (primary N) is 1. The fraction of sp³-hybridized carbons (Fsp3) is 0.263. The number of hydrogen-bond acceptors (Lipinski definition) is 3. The van der Waals surface area contributed by atoms with Crippen LogP contribution in [0.3, 0.4) is 0 Å². The molecule has 0 unspecified atom stereocenters. The molecule has 0 atom stereocenters. The number of rotatable bonds is 2. The first kappa shape index (κ1) is 17.3. The molecule has 6 heteroatoms. The molecule has 0 aliphatic carbocycles. The van der Waals surface area contributed by atoms with Gasteiger partial charge in [0, 0.05) is 42.5 Å². The number of carbonyl (C=O) groups is 2. The van der Waals surface area contributed by atoms with Crippen molar-refractivity contribution in [2.45, 2.75) is 6.42 Å². The van der Waals surface area contributed by atoms with Crippen LogP contribution in [0.15, 0.2) is 48.5 Å². The van der Waals surface area contributed by atoms with E-state index < -0.39 is 0 Å². The number of anilines is 1. The van der Waals surface area contributed by atoms with Crippen molar-refractivity contribution in [3.8, 4) is 0 Å². The van der Waals surface area contributed by atoms with E-state index in [4.69, 9.17) is 17.3 Å². The van der Waals surface area contributed by atoms with E-state index in [0.29, 0.717) is 48.0 Å². The molecule has 0 radical (unpaired) electrons. The van der Waals surface area contributed by atoms with Gasteiger partial charge in [-0.05, 0) is 42.8 Å². The summed E-state index contributed by atoms with van der Waals surface area (Å²) in [7, 11) is 0. The molecule has 1 aliphatic rings. The maximum absolute atomic E-state index is 12.7. The van der Waals surface area contributed by atoms with Crippen LogP contribution in [0.2, 0.25) is 5.02 Å². The van der Waals surface area contributed by atoms with Gasteiger partial charge in [-0.3, -0.25) is 9.59 Å². The van der Waals surface area contributed by atoms with E-state index in [2.05, 4.69) is 0 Å². The van der Waals surface area contributed by atoms with Crippen molar-refractivity contribution in [2.24, 2.45) is 0 Å². The molecule has 0 spiro atoms. The van der Waals surface area contributed by atoms with Crippen molar-refractivity contribution in [1.29, 1.82) is 0 Å². The van der Waals surface area contributed by atoms with Crippen LogP contribution < -0.4 is 5.73 Å². The third-order valence-electron chi connectivity index (χ3n) is 4.35. The molecule has 1 fully saturated rings. The van der Waals surface area contributed by atoms with E-state index in [9.17, 15) is 9.59 Å². The van der Waals surface area contributed by atoms with E-state index in [0.717, 1.165) is 6.42 Å². The van der Waals surface area contributed by atoms with Gasteiger partial charge < -0.3 is 15.5 Å². The predicted molar refractivity (Wildman–Crippen MR) is 98.7 cm³/mol. The molecule has 0 aromatic heterocycles. The molecule has 1 heterocycles. The average Bonchev–Trinajstić information content (AvgIpc) is 2.88. The lowest BCUT2D eigenvalue weighted by molar-refractivity contribution is 0.0719. The first-order valence-electron chi connectivity index (χ1n) is 8.25. The summed E-state index contributed by atoms with van der Waals surface area (Å²) in [5.74, 6) is -0.121. The Labute approximate surface area is 152 Å². The van der Waals surface area contributed by atoms with E-state index in [-0.39, 0.29) is 11.8 Å². The van der Waals surface area contributed by atoms with Gasteiger partial charge in [-0.1, -0.05) is 23.7 Å². The lowest BCUT2D eigenvalue weighted by Crippen LogP contribution is -2.37. The zero-order chi connectivity index (χ0) is 17.8. The molecule has 1 aliphatic heterocycles. The highest BCUT2D eigenvalue weighted by Gasteiger charge is 2.24. The monoisotopic (exact) mass is 357 g/mol. The van der Waals surface area contributed by atoms with Crippen molar-refractivity contribution < 1.29 is 9.59 Å². The lowest BCUT2D eigenvalue weighted by Gasteiger charge is -2.22. The zero-order valence-electron chi connectivity index (χ0n) is 13.8. The number of hydrogen-bond donors (Lipinski definition) is 1. The molecule has 5 nitrogen and oxygen atoms in total. The normalized spacial score (nSPS) is 14.9. The highest BCUT2D eigenvalue weighted by molar-refractivity contribution is 6.30. The molecule has 2 N–H and O–H groups in total. The van der Waals surface area contributed by atoms with Gasteiger partial charge in [0.25, 0.3) is 11.8 Å². The Hall–Kier alpha value is -2.53. The maximum atomic E-state index is 12.7. The van der Waals surface area contributed by atoms with Gasteiger partial charge in [0.2, 0.25) is 0 Å². The lowest BCUT2D eigenvalue weighted by atomic mass is 10.1. The van der Waals surface area contributed by atoms with E-state index >= 15 is 0 Å². The van der Waals surface area contributed by atoms with Crippen molar-refractivity contribution in [3.05, 3.63) is 64.7 Å². The number of para-hydroxylation sites is 1. The highest BCUT2D eigenvalue weighted by atomic mass is 35.5. The fourth-order valence-corrected chi connectivity index (χ4v) is 3.09. The first-order valence-corrected chi connectivity index (χ1v) is 8.62. The van der Waals surface area contributed by atoms with Gasteiger partial charge in [0.1, 0.15) is 0 Å². The van der Waals surface area contributed by atoms with Gasteiger partial charge in [-0.15, -0.1) is 0 Å². The number of benzene rings is 2. The minimum absolute atomic E-state index is 0.0369. The maximum Gasteiger partial charge on any atom is 0.256 e. The van der Waals surface area contributed by atoms with E-state index in [1.807, 2.05) is 0 Å². The second-order valence-corrected chi connectivity index (χ2v) is 6.47. The smallest absolute Gasteiger partial charge is 0.256 e. The second-order valence-electron chi connectivity index (χ2n) is 6.03. The topological polar surface area (TPSA) is 66.6 Å². The van der Waals surface area contributed by atoms with Crippen LogP contribution >= 0.6 is 11.6 Å². The number of nitrogens with zero attached hydrogens (tertiary/aromatic N) is 2. The van der Waals surface area contributed by atoms with Crippen LogP contribution in [0, 0.1) is 0 Å². The molecule has 3 rings (SSSR count). The average molecular weight is 358 g/mol. The summed E-state index contributed by atoms with van der Waals surface area (Å²) in [4.78, 5) is 28.9. The first-order chi connectivity index (χ1) is 12.1. The quantitative estimate of drug-likeness (QED) is 0.840. The molecular weight excluding hydrogens is 338 g/mol. The Morgan fingerprint density at radius 2 is 1.44 bits per heavy atom. The molecule has 2 aromatic rings. The minimum atomic E-state index is -0.0844. The van der Waals surface area contributed by atoms with Gasteiger partial charge in [0.15, 0.2) is 0 Å². The molecule has 0 saturated carbocycles. The minimum Gasteiger partial charge on any atom is -0.398 e. The molecule has 25 heavy (non-hydrogen) atoms. The zero-order valence-corrected chi connectivity index (χ0v) is 14.6. The Bertz CT molecular complexity index is 776. The fourth-order valence-electron chi connectivity index (χ4n) is 2.96.